The molecule has 0 spiro atoms. The lowest BCUT2D eigenvalue weighted by molar-refractivity contribution is -0.113. The van der Waals surface area contributed by atoms with Crippen molar-refractivity contribution in [2.45, 2.75) is 18.6 Å². The van der Waals surface area contributed by atoms with Crippen LogP contribution >= 0.6 is 11.8 Å². The van der Waals surface area contributed by atoms with Crippen molar-refractivity contribution >= 4 is 29.1 Å². The smallest absolute Gasteiger partial charge is 0.234 e. The molecule has 33 heavy (non-hydrogen) atoms. The monoisotopic (exact) mass is 467 g/mol. The molecule has 1 amide bonds. The van der Waals surface area contributed by atoms with E-state index >= 15 is 0 Å². The lowest BCUT2D eigenvalue weighted by atomic mass is 10.1. The third-order valence-corrected chi connectivity index (χ3v) is 5.71. The van der Waals surface area contributed by atoms with Crippen molar-refractivity contribution in [1.29, 1.82) is 0 Å². The molecule has 0 aliphatic rings. The van der Waals surface area contributed by atoms with Crippen LogP contribution in [-0.2, 0) is 11.3 Å². The molecule has 9 nitrogen and oxygen atoms in total. The fourth-order valence-electron chi connectivity index (χ4n) is 3.06. The van der Waals surface area contributed by atoms with Crippen molar-refractivity contribution in [2.75, 3.05) is 25.3 Å². The number of nitrogens with one attached hydrogen (secondary N) is 1. The zero-order chi connectivity index (χ0) is 23.8. The first-order chi connectivity index (χ1) is 16.0. The summed E-state index contributed by atoms with van der Waals surface area (Å²) in [5.41, 5.74) is 2.72. The number of methoxy groups -OCH3 is 2. The Bertz CT molecular complexity index is 1160. The summed E-state index contributed by atoms with van der Waals surface area (Å²) in [5, 5.41) is 24.0. The lowest BCUT2D eigenvalue weighted by Crippen LogP contribution is -2.14. The van der Waals surface area contributed by atoms with E-state index in [4.69, 9.17) is 14.7 Å². The molecule has 0 radical (unpaired) electrons. The minimum Gasteiger partial charge on any atom is -0.493 e. The van der Waals surface area contributed by atoms with Crippen molar-refractivity contribution in [3.63, 3.8) is 0 Å². The number of nitrogens with zero attached hydrogens (tertiary/aromatic N) is 4. The first kappa shape index (κ1) is 23.9. The number of carbonyl (C=O) groups excluding carboxylic acids is 1. The van der Waals surface area contributed by atoms with Crippen LogP contribution in [0.5, 0.6) is 11.5 Å². The molecule has 0 saturated heterocycles. The summed E-state index contributed by atoms with van der Waals surface area (Å²) in [6, 6.07) is 12.6. The van der Waals surface area contributed by atoms with Gasteiger partial charge in [-0.2, -0.15) is 0 Å². The molecule has 3 rings (SSSR count). The highest BCUT2D eigenvalue weighted by Crippen LogP contribution is 2.33. The maximum Gasteiger partial charge on any atom is 0.234 e. The van der Waals surface area contributed by atoms with Crippen LogP contribution in [0.4, 0.5) is 5.69 Å². The minimum absolute atomic E-state index is 0.153. The summed E-state index contributed by atoms with van der Waals surface area (Å²) in [4.78, 5) is 12.5. The normalized spacial score (nSPS) is 11.2. The highest BCUT2D eigenvalue weighted by molar-refractivity contribution is 7.99. The molecule has 0 fully saturated rings. The van der Waals surface area contributed by atoms with E-state index in [-0.39, 0.29) is 11.7 Å². The van der Waals surface area contributed by atoms with Gasteiger partial charge in [0, 0.05) is 17.8 Å². The highest BCUT2D eigenvalue weighted by Gasteiger charge is 2.17. The van der Waals surface area contributed by atoms with Crippen molar-refractivity contribution in [3.8, 4) is 22.9 Å². The number of hydrogen-bond donors (Lipinski definition) is 2. The second kappa shape index (κ2) is 11.2. The van der Waals surface area contributed by atoms with Crippen LogP contribution in [0.1, 0.15) is 12.5 Å². The molecule has 2 aromatic carbocycles. The van der Waals surface area contributed by atoms with Crippen molar-refractivity contribution < 1.29 is 19.5 Å². The van der Waals surface area contributed by atoms with Crippen molar-refractivity contribution in [2.24, 2.45) is 5.16 Å². The van der Waals surface area contributed by atoms with Gasteiger partial charge in [-0.15, -0.1) is 16.8 Å². The number of carbonyl (C=O) groups is 1. The van der Waals surface area contributed by atoms with Gasteiger partial charge in [0.25, 0.3) is 0 Å². The van der Waals surface area contributed by atoms with Crippen LogP contribution in [0, 0.1) is 0 Å². The number of oxime groups is 1. The molecular weight excluding hydrogens is 442 g/mol. The van der Waals surface area contributed by atoms with Gasteiger partial charge in [0.15, 0.2) is 22.5 Å². The quantitative estimate of drug-likeness (QED) is 0.152. The zero-order valence-electron chi connectivity index (χ0n) is 18.6. The van der Waals surface area contributed by atoms with Crippen LogP contribution in [0.3, 0.4) is 0 Å². The molecule has 2 N–H and O–H groups in total. The van der Waals surface area contributed by atoms with E-state index < -0.39 is 0 Å². The first-order valence-corrected chi connectivity index (χ1v) is 11.0. The average molecular weight is 468 g/mol. The Labute approximate surface area is 196 Å². The summed E-state index contributed by atoms with van der Waals surface area (Å²) in [6.45, 7) is 5.99. The second-order valence-corrected chi connectivity index (χ2v) is 7.82. The summed E-state index contributed by atoms with van der Waals surface area (Å²) >= 11 is 1.28. The van der Waals surface area contributed by atoms with Crippen LogP contribution in [-0.4, -0.2) is 51.6 Å². The Kier molecular flexibility index (Phi) is 8.09. The van der Waals surface area contributed by atoms with E-state index in [0.29, 0.717) is 40.4 Å². The molecule has 0 bridgehead atoms. The third-order valence-electron chi connectivity index (χ3n) is 4.74. The van der Waals surface area contributed by atoms with E-state index in [9.17, 15) is 4.79 Å². The maximum absolute atomic E-state index is 12.5. The molecular formula is C23H25N5O4S. The van der Waals surface area contributed by atoms with Gasteiger partial charge >= 0.3 is 0 Å². The highest BCUT2D eigenvalue weighted by atomic mass is 32.2. The van der Waals surface area contributed by atoms with Crippen LogP contribution in [0.25, 0.3) is 11.4 Å². The van der Waals surface area contributed by atoms with Crippen LogP contribution < -0.4 is 14.8 Å². The predicted octanol–water partition coefficient (Wildman–Crippen LogP) is 4.08. The third kappa shape index (κ3) is 5.72. The Balaban J connectivity index is 1.72. The molecule has 0 unspecified atom stereocenters. The summed E-state index contributed by atoms with van der Waals surface area (Å²) in [7, 11) is 3.15. The molecule has 0 atom stereocenters. The average Bonchev–Trinajstić information content (AvgIpc) is 3.25. The van der Waals surface area contributed by atoms with Crippen LogP contribution in [0.2, 0.25) is 0 Å². The molecule has 172 valence electrons. The Morgan fingerprint density at radius 1 is 1.18 bits per heavy atom. The summed E-state index contributed by atoms with van der Waals surface area (Å²) < 4.78 is 12.6. The standard InChI is InChI=1S/C23H25N5O4S/c1-5-12-28-22(17-8-11-19(31-3)20(13-17)32-4)25-26-23(28)33-14-21(29)24-18-9-6-16(7-10-18)15(2)27-30/h5-11,13,30H,1,12,14H2,2-4H3,(H,24,29)/b27-15-. The van der Waals surface area contributed by atoms with Crippen molar-refractivity contribution in [3.05, 3.63) is 60.7 Å². The molecule has 0 aliphatic heterocycles. The number of ether oxygens (including phenoxy) is 2. The second-order valence-electron chi connectivity index (χ2n) is 6.87. The zero-order valence-corrected chi connectivity index (χ0v) is 19.4. The molecule has 0 saturated carbocycles. The number of benzene rings is 2. The number of allylic oxidation sites excluding steroid dienone is 1. The van der Waals surface area contributed by atoms with Gasteiger partial charge in [-0.1, -0.05) is 35.1 Å². The first-order valence-electron chi connectivity index (χ1n) is 9.99. The van der Waals surface area contributed by atoms with Gasteiger partial charge in [-0.3, -0.25) is 9.36 Å². The SMILES string of the molecule is C=CCn1c(SCC(=O)Nc2ccc(/C(C)=N\O)cc2)nnc1-c1ccc(OC)c(OC)c1. The van der Waals surface area contributed by atoms with Gasteiger partial charge in [0.1, 0.15) is 0 Å². The van der Waals surface area contributed by atoms with E-state index in [0.717, 1.165) is 11.1 Å². The van der Waals surface area contributed by atoms with E-state index in [1.165, 1.54) is 11.8 Å². The Hall–Kier alpha value is -3.79. The lowest BCUT2D eigenvalue weighted by Gasteiger charge is -2.11. The molecule has 1 aromatic heterocycles. The van der Waals surface area contributed by atoms with Gasteiger partial charge < -0.3 is 20.0 Å². The maximum atomic E-state index is 12.5. The number of amides is 1. The summed E-state index contributed by atoms with van der Waals surface area (Å²) in [6.07, 6.45) is 1.75. The van der Waals surface area contributed by atoms with E-state index in [1.807, 2.05) is 16.7 Å². The fourth-order valence-corrected chi connectivity index (χ4v) is 3.81. The minimum atomic E-state index is -0.180. The van der Waals surface area contributed by atoms with Gasteiger partial charge in [-0.25, -0.2) is 0 Å². The topological polar surface area (TPSA) is 111 Å². The van der Waals surface area contributed by atoms with Crippen LogP contribution in [0.15, 0.2) is 65.4 Å². The van der Waals surface area contributed by atoms with E-state index in [2.05, 4.69) is 27.2 Å². The van der Waals surface area contributed by atoms with Crippen molar-refractivity contribution in [1.82, 2.24) is 14.8 Å². The largest absolute Gasteiger partial charge is 0.493 e. The number of thioether (sulfide) groups is 1. The summed E-state index contributed by atoms with van der Waals surface area (Å²) in [5.74, 6) is 1.81. The fraction of sp³-hybridized carbons (Fsp3) is 0.217. The Morgan fingerprint density at radius 2 is 1.91 bits per heavy atom. The van der Waals surface area contributed by atoms with Gasteiger partial charge in [-0.05, 0) is 42.8 Å². The number of anilines is 1. The molecule has 3 aromatic rings. The van der Waals surface area contributed by atoms with Gasteiger partial charge in [0.05, 0.1) is 25.7 Å². The van der Waals surface area contributed by atoms with E-state index in [1.54, 1.807) is 57.6 Å². The molecule has 0 aliphatic carbocycles. The van der Waals surface area contributed by atoms with Gasteiger partial charge in [0.2, 0.25) is 5.91 Å². The predicted molar refractivity (Wildman–Crippen MR) is 129 cm³/mol. The number of aromatic nitrogens is 3. The molecule has 10 heteroatoms. The molecule has 1 heterocycles. The Morgan fingerprint density at radius 3 is 2.55 bits per heavy atom. The number of rotatable bonds is 10. The number of hydrogen-bond acceptors (Lipinski definition) is 8.